The molecule has 3 N–H and O–H groups in total. The molecule has 8 atom stereocenters. The maximum Gasteiger partial charge on any atom is 0.165 e. The summed E-state index contributed by atoms with van der Waals surface area (Å²) in [4.78, 5) is 0. The molecule has 0 radical (unpaired) electrons. The molecule has 0 aromatic heterocycles. The van der Waals surface area contributed by atoms with Crippen LogP contribution in [0.4, 0.5) is 17.6 Å². The summed E-state index contributed by atoms with van der Waals surface area (Å²) in [6, 6.07) is 19.2. The van der Waals surface area contributed by atoms with E-state index in [-0.39, 0.29) is 60.2 Å². The van der Waals surface area contributed by atoms with E-state index >= 15 is 4.39 Å². The first kappa shape index (κ1) is 39.8. The minimum absolute atomic E-state index is 0.00206. The highest BCUT2D eigenvalue weighted by molar-refractivity contribution is 6.30. The fourth-order valence-corrected chi connectivity index (χ4v) is 10.2. The summed E-state index contributed by atoms with van der Waals surface area (Å²) < 4.78 is 75.7. The van der Waals surface area contributed by atoms with Gasteiger partial charge in [-0.15, -0.1) is 0 Å². The van der Waals surface area contributed by atoms with Gasteiger partial charge in [-0.1, -0.05) is 47.5 Å². The molecule has 55 heavy (non-hydrogen) atoms. The summed E-state index contributed by atoms with van der Waals surface area (Å²) in [5.41, 5.74) is 0.981. The van der Waals surface area contributed by atoms with Crippen molar-refractivity contribution in [3.8, 4) is 11.5 Å². The molecule has 12 heteroatoms. The number of aliphatic hydroxyl groups excluding tert-OH is 3. The molecule has 2 aliphatic heterocycles. The zero-order valence-electron chi connectivity index (χ0n) is 30.3. The number of hydrogen-bond donors (Lipinski definition) is 3. The molecular formula is C43H44Cl2F4O6. The van der Waals surface area contributed by atoms with E-state index in [0.717, 1.165) is 29.3 Å². The molecule has 0 spiro atoms. The molecule has 2 saturated carbocycles. The maximum absolute atomic E-state index is 15.1. The van der Waals surface area contributed by atoms with E-state index in [2.05, 4.69) is 0 Å². The third-order valence-electron chi connectivity index (χ3n) is 12.6. The van der Waals surface area contributed by atoms with Crippen molar-refractivity contribution in [3.05, 3.63) is 128 Å². The Hall–Kier alpha value is -3.38. The minimum Gasteiger partial charge on any atom is -0.490 e. The second-order valence-corrected chi connectivity index (χ2v) is 16.3. The van der Waals surface area contributed by atoms with Crippen LogP contribution in [0.1, 0.15) is 47.9 Å². The SMILES string of the molecule is COC[C@@H]1[C@H](O)CC[C@@]2(Cc3ccc(Cl)cc3)c3c(F)ccc(F)c3OC[C@@H]12.OC[C@@H]1[C@H](O)CC[C@@]2(Cc3ccc(Cl)cc3)c3c(F)ccc(F)c3OC[C@@H]12. The number of ether oxygens (including phenoxy) is 3. The van der Waals surface area contributed by atoms with Crippen molar-refractivity contribution in [1.82, 2.24) is 0 Å². The lowest BCUT2D eigenvalue weighted by Gasteiger charge is -2.53. The third-order valence-corrected chi connectivity index (χ3v) is 13.1. The van der Waals surface area contributed by atoms with E-state index in [1.54, 1.807) is 31.4 Å². The zero-order chi connectivity index (χ0) is 39.1. The molecule has 4 aromatic rings. The van der Waals surface area contributed by atoms with E-state index in [9.17, 15) is 28.5 Å². The van der Waals surface area contributed by atoms with E-state index in [4.69, 9.17) is 37.4 Å². The normalized spacial score (nSPS) is 29.3. The lowest BCUT2D eigenvalue weighted by Crippen LogP contribution is -2.55. The van der Waals surface area contributed by atoms with Crippen LogP contribution in [0, 0.1) is 46.9 Å². The maximum atomic E-state index is 15.1. The van der Waals surface area contributed by atoms with Crippen molar-refractivity contribution in [1.29, 1.82) is 0 Å². The van der Waals surface area contributed by atoms with E-state index in [1.165, 1.54) is 6.07 Å². The summed E-state index contributed by atoms with van der Waals surface area (Å²) in [6.07, 6.45) is 1.63. The summed E-state index contributed by atoms with van der Waals surface area (Å²) in [5.74, 6) is -3.39. The highest BCUT2D eigenvalue weighted by Gasteiger charge is 2.56. The molecule has 2 aliphatic carbocycles. The molecule has 2 fully saturated rings. The molecule has 0 saturated heterocycles. The van der Waals surface area contributed by atoms with Crippen LogP contribution in [-0.4, -0.2) is 61.1 Å². The standard InChI is InChI=1S/C22H23ClF2O3.C21H21ClF2O3/c1-27-11-15-16-12-28-21-18(25)7-6-17(24)20(21)22(16,9-8-19(15)26)10-13-2-4-14(23)5-3-13;22-13-3-1-12(2-4-13)9-21-8-7-18(26)14(10-25)15(21)11-27-20-17(24)6-5-16(23)19(20)21/h2-7,15-16,19,26H,8-12H2,1H3;1-6,14-15,18,25-26H,7-11H2/t15-,16-,19+,22-;14-,15-,18+,21-/m00/s1. The Morgan fingerprint density at radius 1 is 0.636 bits per heavy atom. The predicted molar refractivity (Wildman–Crippen MR) is 201 cm³/mol. The van der Waals surface area contributed by atoms with Gasteiger partial charge in [0.05, 0.1) is 32.0 Å². The average Bonchev–Trinajstić information content (AvgIpc) is 3.18. The molecule has 2 heterocycles. The van der Waals surface area contributed by atoms with Gasteiger partial charge in [0.1, 0.15) is 11.6 Å². The van der Waals surface area contributed by atoms with Crippen molar-refractivity contribution in [2.45, 2.75) is 61.6 Å². The van der Waals surface area contributed by atoms with Gasteiger partial charge in [0, 0.05) is 69.4 Å². The van der Waals surface area contributed by atoms with Crippen LogP contribution in [-0.2, 0) is 28.4 Å². The average molecular weight is 804 g/mol. The number of methoxy groups -OCH3 is 1. The third kappa shape index (κ3) is 7.35. The van der Waals surface area contributed by atoms with Gasteiger partial charge in [0.15, 0.2) is 23.1 Å². The van der Waals surface area contributed by atoms with Gasteiger partial charge in [0.25, 0.3) is 0 Å². The molecule has 4 aromatic carbocycles. The molecule has 294 valence electrons. The number of aliphatic hydroxyl groups is 3. The van der Waals surface area contributed by atoms with Gasteiger partial charge < -0.3 is 29.5 Å². The van der Waals surface area contributed by atoms with Crippen LogP contribution in [0.25, 0.3) is 0 Å². The second kappa shape index (κ2) is 16.2. The monoisotopic (exact) mass is 802 g/mol. The molecule has 0 amide bonds. The van der Waals surface area contributed by atoms with Gasteiger partial charge in [-0.3, -0.25) is 0 Å². The van der Waals surface area contributed by atoms with Gasteiger partial charge in [-0.25, -0.2) is 17.6 Å². The van der Waals surface area contributed by atoms with E-state index in [0.29, 0.717) is 55.2 Å². The van der Waals surface area contributed by atoms with Crippen LogP contribution in [0.5, 0.6) is 11.5 Å². The fourth-order valence-electron chi connectivity index (χ4n) is 9.99. The summed E-state index contributed by atoms with van der Waals surface area (Å²) in [5, 5.41) is 32.1. The Morgan fingerprint density at radius 3 is 1.45 bits per heavy atom. The Balaban J connectivity index is 0.000000169. The van der Waals surface area contributed by atoms with Crippen LogP contribution in [0.2, 0.25) is 10.0 Å². The predicted octanol–water partition coefficient (Wildman–Crippen LogP) is 8.40. The highest BCUT2D eigenvalue weighted by atomic mass is 35.5. The van der Waals surface area contributed by atoms with Crippen molar-refractivity contribution >= 4 is 23.2 Å². The Morgan fingerprint density at radius 2 is 1.04 bits per heavy atom. The van der Waals surface area contributed by atoms with Crippen molar-refractivity contribution in [2.24, 2.45) is 23.7 Å². The summed E-state index contributed by atoms with van der Waals surface area (Å²) in [7, 11) is 1.58. The first-order chi connectivity index (χ1) is 26.4. The molecule has 0 unspecified atom stereocenters. The highest BCUT2D eigenvalue weighted by Crippen LogP contribution is 2.57. The number of benzene rings is 4. The molecule has 8 rings (SSSR count). The van der Waals surface area contributed by atoms with Gasteiger partial charge in [-0.05, 0) is 98.2 Å². The van der Waals surface area contributed by atoms with E-state index in [1.807, 2.05) is 24.3 Å². The van der Waals surface area contributed by atoms with Crippen LogP contribution in [0.15, 0.2) is 72.8 Å². The number of rotatable bonds is 7. The number of hydrogen-bond acceptors (Lipinski definition) is 6. The molecule has 6 nitrogen and oxygen atoms in total. The Bertz CT molecular complexity index is 1980. The molecule has 4 aliphatic rings. The second-order valence-electron chi connectivity index (χ2n) is 15.4. The number of halogens is 6. The van der Waals surface area contributed by atoms with Crippen LogP contribution in [0.3, 0.4) is 0 Å². The van der Waals surface area contributed by atoms with Gasteiger partial charge in [0.2, 0.25) is 0 Å². The quantitative estimate of drug-likeness (QED) is 0.163. The van der Waals surface area contributed by atoms with E-state index < -0.39 is 52.2 Å². The Kier molecular flexibility index (Phi) is 11.8. The van der Waals surface area contributed by atoms with Crippen molar-refractivity contribution in [2.75, 3.05) is 33.5 Å². The van der Waals surface area contributed by atoms with Crippen molar-refractivity contribution in [3.63, 3.8) is 0 Å². The summed E-state index contributed by atoms with van der Waals surface area (Å²) >= 11 is 12.0. The topological polar surface area (TPSA) is 88.4 Å². The largest absolute Gasteiger partial charge is 0.490 e. The van der Waals surface area contributed by atoms with Gasteiger partial charge in [-0.2, -0.15) is 0 Å². The zero-order valence-corrected chi connectivity index (χ0v) is 31.8. The molecule has 0 bridgehead atoms. The Labute approximate surface area is 328 Å². The first-order valence-corrected chi connectivity index (χ1v) is 19.4. The molecular weight excluding hydrogens is 759 g/mol. The first-order valence-electron chi connectivity index (χ1n) is 18.6. The number of fused-ring (bicyclic) bond motifs is 6. The fraction of sp³-hybridized carbons (Fsp3) is 0.442. The lowest BCUT2D eigenvalue weighted by molar-refractivity contribution is -0.0727. The van der Waals surface area contributed by atoms with Crippen molar-refractivity contribution < 1.29 is 47.1 Å². The minimum atomic E-state index is -0.764. The van der Waals surface area contributed by atoms with Crippen LogP contribution < -0.4 is 9.47 Å². The van der Waals surface area contributed by atoms with Crippen LogP contribution >= 0.6 is 23.2 Å². The smallest absolute Gasteiger partial charge is 0.165 e. The lowest BCUT2D eigenvalue weighted by atomic mass is 9.55. The van der Waals surface area contributed by atoms with Gasteiger partial charge >= 0.3 is 0 Å². The summed E-state index contributed by atoms with van der Waals surface area (Å²) in [6.45, 7) is 0.447.